The highest BCUT2D eigenvalue weighted by Crippen LogP contribution is 2.31. The maximum atomic E-state index is 13.1. The van der Waals surface area contributed by atoms with E-state index in [1.54, 1.807) is 12.1 Å². The quantitative estimate of drug-likeness (QED) is 0.765. The van der Waals surface area contributed by atoms with Gasteiger partial charge in [0.15, 0.2) is 0 Å². The Morgan fingerprint density at radius 3 is 2.60 bits per heavy atom. The van der Waals surface area contributed by atoms with Gasteiger partial charge in [-0.3, -0.25) is 4.79 Å². The first-order valence-electron chi connectivity index (χ1n) is 5.59. The molecule has 0 unspecified atom stereocenters. The van der Waals surface area contributed by atoms with Crippen molar-refractivity contribution in [2.24, 2.45) is 0 Å². The topological polar surface area (TPSA) is 29.1 Å². The van der Waals surface area contributed by atoms with Gasteiger partial charge < -0.3 is 5.32 Å². The summed E-state index contributed by atoms with van der Waals surface area (Å²) < 4.78 is 13.4. The first kappa shape index (κ1) is 14.6. The highest BCUT2D eigenvalue weighted by Gasteiger charge is 2.10. The molecule has 0 aliphatic rings. The van der Waals surface area contributed by atoms with Gasteiger partial charge in [0, 0.05) is 16.0 Å². The maximum Gasteiger partial charge on any atom is 0.300 e. The Labute approximate surface area is 129 Å². The van der Waals surface area contributed by atoms with Crippen LogP contribution >= 0.6 is 27.5 Å². The highest BCUT2D eigenvalue weighted by atomic mass is 79.9. The fourth-order valence-electron chi connectivity index (χ4n) is 1.46. The molecule has 0 aliphatic heterocycles. The van der Waals surface area contributed by atoms with Crippen molar-refractivity contribution in [3.05, 3.63) is 63.3 Å². The van der Waals surface area contributed by atoms with Crippen LogP contribution in [0.5, 0.6) is 0 Å². The van der Waals surface area contributed by atoms with E-state index in [0.717, 1.165) is 11.6 Å². The average molecular weight is 353 g/mol. The van der Waals surface area contributed by atoms with E-state index in [0.29, 0.717) is 10.2 Å². The maximum absolute atomic E-state index is 13.1. The Morgan fingerprint density at radius 2 is 1.95 bits per heavy atom. The molecule has 0 spiro atoms. The molecule has 0 aliphatic carbocycles. The molecular formula is C15H8BrClFNO. The van der Waals surface area contributed by atoms with Crippen LogP contribution in [0.25, 0.3) is 0 Å². The fourth-order valence-corrected chi connectivity index (χ4v) is 2.36. The largest absolute Gasteiger partial charge is 0.313 e. The SMILES string of the molecule is O=C(C#Cc1ccccc1)Nc1c(Cl)cc(F)cc1Br. The first-order chi connectivity index (χ1) is 9.56. The molecule has 0 saturated carbocycles. The molecule has 2 aromatic rings. The lowest BCUT2D eigenvalue weighted by atomic mass is 10.2. The second kappa shape index (κ2) is 6.56. The third-order valence-electron chi connectivity index (χ3n) is 2.34. The predicted molar refractivity (Wildman–Crippen MR) is 81.1 cm³/mol. The van der Waals surface area contributed by atoms with Crippen molar-refractivity contribution in [1.29, 1.82) is 0 Å². The van der Waals surface area contributed by atoms with Crippen LogP contribution in [0, 0.1) is 17.7 Å². The predicted octanol–water partition coefficient (Wildman–Crippen LogP) is 4.23. The van der Waals surface area contributed by atoms with Gasteiger partial charge in [-0.15, -0.1) is 0 Å². The molecular weight excluding hydrogens is 345 g/mol. The van der Waals surface area contributed by atoms with Gasteiger partial charge in [0.2, 0.25) is 0 Å². The van der Waals surface area contributed by atoms with Gasteiger partial charge in [0.1, 0.15) is 5.82 Å². The first-order valence-corrected chi connectivity index (χ1v) is 6.76. The number of rotatable bonds is 1. The minimum atomic E-state index is -0.525. The van der Waals surface area contributed by atoms with E-state index in [2.05, 4.69) is 33.1 Å². The monoisotopic (exact) mass is 351 g/mol. The Kier molecular flexibility index (Phi) is 4.78. The van der Waals surface area contributed by atoms with Crippen LogP contribution < -0.4 is 5.32 Å². The van der Waals surface area contributed by atoms with Crippen LogP contribution in [-0.2, 0) is 4.79 Å². The summed E-state index contributed by atoms with van der Waals surface area (Å²) in [5, 5.41) is 2.62. The van der Waals surface area contributed by atoms with E-state index in [-0.39, 0.29) is 5.02 Å². The second-order valence-electron chi connectivity index (χ2n) is 3.81. The molecule has 2 aromatic carbocycles. The molecule has 5 heteroatoms. The summed E-state index contributed by atoms with van der Waals surface area (Å²) in [6.45, 7) is 0. The average Bonchev–Trinajstić information content (AvgIpc) is 2.42. The molecule has 0 atom stereocenters. The summed E-state index contributed by atoms with van der Waals surface area (Å²) in [5.41, 5.74) is 1.02. The Morgan fingerprint density at radius 1 is 1.25 bits per heavy atom. The normalized spacial score (nSPS) is 9.55. The van der Waals surface area contributed by atoms with Crippen molar-refractivity contribution in [3.8, 4) is 11.8 Å². The van der Waals surface area contributed by atoms with E-state index in [4.69, 9.17) is 11.6 Å². The van der Waals surface area contributed by atoms with Crippen LogP contribution in [0.1, 0.15) is 5.56 Å². The number of halogens is 3. The lowest BCUT2D eigenvalue weighted by Crippen LogP contribution is -2.09. The van der Waals surface area contributed by atoms with Crippen molar-refractivity contribution in [2.45, 2.75) is 0 Å². The zero-order valence-corrected chi connectivity index (χ0v) is 12.4. The molecule has 2 nitrogen and oxygen atoms in total. The number of benzene rings is 2. The number of amides is 1. The number of carbonyl (C=O) groups excluding carboxylic acids is 1. The Hall–Kier alpha value is -1.83. The summed E-state index contributed by atoms with van der Waals surface area (Å²) in [6, 6.07) is 11.4. The molecule has 0 radical (unpaired) electrons. The third-order valence-corrected chi connectivity index (χ3v) is 3.26. The van der Waals surface area contributed by atoms with Crippen molar-refractivity contribution >= 4 is 39.1 Å². The van der Waals surface area contributed by atoms with Crippen LogP contribution in [0.15, 0.2) is 46.9 Å². The number of anilines is 1. The van der Waals surface area contributed by atoms with Crippen LogP contribution in [0.4, 0.5) is 10.1 Å². The van der Waals surface area contributed by atoms with Gasteiger partial charge in [0.05, 0.1) is 10.7 Å². The van der Waals surface area contributed by atoms with E-state index in [1.165, 1.54) is 6.07 Å². The van der Waals surface area contributed by atoms with Crippen LogP contribution in [0.3, 0.4) is 0 Å². The Bertz CT molecular complexity index is 684. The van der Waals surface area contributed by atoms with E-state index in [9.17, 15) is 9.18 Å². The molecule has 0 saturated heterocycles. The fraction of sp³-hybridized carbons (Fsp3) is 0. The third kappa shape index (κ3) is 3.83. The van der Waals surface area contributed by atoms with E-state index in [1.807, 2.05) is 18.2 Å². The number of nitrogens with one attached hydrogen (secondary N) is 1. The zero-order valence-electron chi connectivity index (χ0n) is 10.1. The van der Waals surface area contributed by atoms with Crippen molar-refractivity contribution in [2.75, 3.05) is 5.32 Å². The smallest absolute Gasteiger partial charge is 0.300 e. The van der Waals surface area contributed by atoms with Gasteiger partial charge in [0.25, 0.3) is 0 Å². The van der Waals surface area contributed by atoms with E-state index < -0.39 is 11.7 Å². The lowest BCUT2D eigenvalue weighted by molar-refractivity contribution is -0.111. The molecule has 2 rings (SSSR count). The van der Waals surface area contributed by atoms with Gasteiger partial charge >= 0.3 is 5.91 Å². The summed E-state index contributed by atoms with van der Waals surface area (Å²) in [6.07, 6.45) is 0. The van der Waals surface area contributed by atoms with Crippen LogP contribution in [0.2, 0.25) is 5.02 Å². The highest BCUT2D eigenvalue weighted by molar-refractivity contribution is 9.10. The van der Waals surface area contributed by atoms with Crippen LogP contribution in [-0.4, -0.2) is 5.91 Å². The van der Waals surface area contributed by atoms with Gasteiger partial charge in [-0.2, -0.15) is 0 Å². The molecule has 0 heterocycles. The Balaban J connectivity index is 2.16. The lowest BCUT2D eigenvalue weighted by Gasteiger charge is -2.06. The van der Waals surface area contributed by atoms with Crippen molar-refractivity contribution in [1.82, 2.24) is 0 Å². The minimum Gasteiger partial charge on any atom is -0.313 e. The summed E-state index contributed by atoms with van der Waals surface area (Å²) in [7, 11) is 0. The van der Waals surface area contributed by atoms with Gasteiger partial charge in [-0.1, -0.05) is 35.7 Å². The van der Waals surface area contributed by atoms with Crippen molar-refractivity contribution < 1.29 is 9.18 Å². The van der Waals surface area contributed by atoms with Crippen molar-refractivity contribution in [3.63, 3.8) is 0 Å². The molecule has 1 amide bonds. The van der Waals surface area contributed by atoms with Gasteiger partial charge in [-0.25, -0.2) is 4.39 Å². The molecule has 0 fully saturated rings. The second-order valence-corrected chi connectivity index (χ2v) is 5.08. The summed E-state index contributed by atoms with van der Waals surface area (Å²) in [4.78, 5) is 11.7. The molecule has 20 heavy (non-hydrogen) atoms. The summed E-state index contributed by atoms with van der Waals surface area (Å²) >= 11 is 9.00. The number of hydrogen-bond donors (Lipinski definition) is 1. The number of hydrogen-bond acceptors (Lipinski definition) is 1. The molecule has 1 N–H and O–H groups in total. The molecule has 0 bridgehead atoms. The minimum absolute atomic E-state index is 0.103. The standard InChI is InChI=1S/C15H8BrClFNO/c16-12-8-11(18)9-13(17)15(12)19-14(20)7-6-10-4-2-1-3-5-10/h1-5,8-9H,(H,19,20). The molecule has 100 valence electrons. The zero-order chi connectivity index (χ0) is 14.5. The van der Waals surface area contributed by atoms with Gasteiger partial charge in [-0.05, 0) is 40.2 Å². The summed E-state index contributed by atoms with van der Waals surface area (Å²) in [5.74, 6) is 4.15. The number of carbonyl (C=O) groups is 1. The van der Waals surface area contributed by atoms with E-state index >= 15 is 0 Å². The molecule has 0 aromatic heterocycles.